The zero-order valence-corrected chi connectivity index (χ0v) is 25.1. The van der Waals surface area contributed by atoms with Crippen LogP contribution < -0.4 is 9.47 Å². The molecule has 2 aliphatic heterocycles. The van der Waals surface area contributed by atoms with Crippen LogP contribution in [0.25, 0.3) is 11.3 Å². The summed E-state index contributed by atoms with van der Waals surface area (Å²) in [5, 5.41) is 9.37. The molecule has 12 nitrogen and oxygen atoms in total. The molecule has 13 heteroatoms. The number of hydrogen-bond acceptors (Lipinski definition) is 11. The van der Waals surface area contributed by atoms with Crippen molar-refractivity contribution in [1.29, 1.82) is 0 Å². The molecule has 0 radical (unpaired) electrons. The first-order chi connectivity index (χ1) is 19.1. The maximum atomic E-state index is 13.5. The van der Waals surface area contributed by atoms with Crippen LogP contribution in [0.1, 0.15) is 65.3 Å². The minimum Gasteiger partial charge on any atom is -0.497 e. The Bertz CT molecular complexity index is 1440. The van der Waals surface area contributed by atoms with E-state index in [-0.39, 0.29) is 23.8 Å². The van der Waals surface area contributed by atoms with Crippen LogP contribution in [0, 0.1) is 0 Å². The fourth-order valence-electron chi connectivity index (χ4n) is 3.94. The molecule has 0 fully saturated rings. The fraction of sp³-hybridized carbons (Fsp3) is 0.429. The van der Waals surface area contributed by atoms with Gasteiger partial charge in [0, 0.05) is 29.9 Å². The second-order valence-corrected chi connectivity index (χ2v) is 12.0. The third kappa shape index (κ3) is 7.15. The van der Waals surface area contributed by atoms with Gasteiger partial charge in [0.15, 0.2) is 5.84 Å². The lowest BCUT2D eigenvalue weighted by Gasteiger charge is -2.29. The van der Waals surface area contributed by atoms with Gasteiger partial charge in [-0.1, -0.05) is 12.1 Å². The van der Waals surface area contributed by atoms with Crippen molar-refractivity contribution in [2.45, 2.75) is 72.0 Å². The van der Waals surface area contributed by atoms with Crippen LogP contribution in [-0.4, -0.2) is 62.2 Å². The van der Waals surface area contributed by atoms with E-state index < -0.39 is 29.4 Å². The van der Waals surface area contributed by atoms with Gasteiger partial charge in [-0.05, 0) is 71.2 Å². The summed E-state index contributed by atoms with van der Waals surface area (Å²) in [6.07, 6.45) is -1.95. The third-order valence-electron chi connectivity index (χ3n) is 5.47. The van der Waals surface area contributed by atoms with Crippen LogP contribution in [0.5, 0.6) is 11.5 Å². The van der Waals surface area contributed by atoms with Gasteiger partial charge in [-0.3, -0.25) is 4.79 Å². The largest absolute Gasteiger partial charge is 0.497 e. The van der Waals surface area contributed by atoms with Gasteiger partial charge in [0.25, 0.3) is 0 Å². The lowest BCUT2D eigenvalue weighted by Crippen LogP contribution is -2.47. The lowest BCUT2D eigenvalue weighted by atomic mass is 10.1. The minimum absolute atomic E-state index is 0.0897. The summed E-state index contributed by atoms with van der Waals surface area (Å²) in [6, 6.07) is 9.02. The molecular weight excluding hydrogens is 550 g/mol. The standard InChI is InChI=1S/C28H33N5O7S/c1-16(34)38-21-13-20-22-19(21)15-41-31-24(33(25(35)39-27(2,3)4)26(36)40-28(5,6)7)23(22)30-32(29-20)14-17-9-11-18(37-8)12-10-17/h9-13H,14-15H2,1-8H3. The highest BCUT2D eigenvalue weighted by Crippen LogP contribution is 2.42. The minimum atomic E-state index is -0.977. The van der Waals surface area contributed by atoms with E-state index in [1.54, 1.807) is 54.7 Å². The third-order valence-corrected chi connectivity index (χ3v) is 6.19. The molecule has 0 N–H and O–H groups in total. The predicted octanol–water partition coefficient (Wildman–Crippen LogP) is 5.45. The van der Waals surface area contributed by atoms with Crippen molar-refractivity contribution in [3.63, 3.8) is 0 Å². The summed E-state index contributed by atoms with van der Waals surface area (Å²) in [4.78, 5) is 41.1. The summed E-state index contributed by atoms with van der Waals surface area (Å²) in [6.45, 7) is 11.7. The molecule has 0 spiro atoms. The Morgan fingerprint density at radius 2 is 1.59 bits per heavy atom. The molecule has 218 valence electrons. The van der Waals surface area contributed by atoms with Crippen LogP contribution in [-0.2, 0) is 26.6 Å². The van der Waals surface area contributed by atoms with Gasteiger partial charge in [0.2, 0.25) is 0 Å². The van der Waals surface area contributed by atoms with Crippen molar-refractivity contribution in [1.82, 2.24) is 19.9 Å². The average Bonchev–Trinajstić information content (AvgIpc) is 3.05. The Morgan fingerprint density at radius 1 is 0.976 bits per heavy atom. The number of ether oxygens (including phenoxy) is 4. The number of esters is 1. The number of amides is 2. The van der Waals surface area contributed by atoms with Gasteiger partial charge in [-0.2, -0.15) is 24.3 Å². The quantitative estimate of drug-likeness (QED) is 0.288. The topological polar surface area (TPSA) is 134 Å². The number of carbonyl (C=O) groups excluding carboxylic acids is 3. The normalized spacial score (nSPS) is 13.2. The van der Waals surface area contributed by atoms with E-state index in [4.69, 9.17) is 24.0 Å². The van der Waals surface area contributed by atoms with E-state index in [9.17, 15) is 14.4 Å². The first-order valence-corrected chi connectivity index (χ1v) is 13.8. The van der Waals surface area contributed by atoms with Crippen molar-refractivity contribution in [3.8, 4) is 22.8 Å². The average molecular weight is 584 g/mol. The molecule has 1 aromatic carbocycles. The number of rotatable bonds is 4. The smallest absolute Gasteiger partial charge is 0.425 e. The van der Waals surface area contributed by atoms with Crippen molar-refractivity contribution < 1.29 is 33.3 Å². The number of imide groups is 1. The highest BCUT2D eigenvalue weighted by Gasteiger charge is 2.40. The highest BCUT2D eigenvalue weighted by molar-refractivity contribution is 7.97. The molecule has 0 aromatic heterocycles. The molecule has 3 aliphatic rings. The van der Waals surface area contributed by atoms with Gasteiger partial charge >= 0.3 is 18.2 Å². The number of hydrogen-bond donors (Lipinski definition) is 0. The maximum Gasteiger partial charge on any atom is 0.425 e. The first-order valence-electron chi connectivity index (χ1n) is 12.8. The summed E-state index contributed by atoms with van der Waals surface area (Å²) < 4.78 is 26.4. The van der Waals surface area contributed by atoms with Crippen molar-refractivity contribution >= 4 is 35.9 Å². The van der Waals surface area contributed by atoms with Crippen LogP contribution in [0.15, 0.2) is 34.7 Å². The molecule has 2 heterocycles. The van der Waals surface area contributed by atoms with Crippen LogP contribution in [0.3, 0.4) is 0 Å². The van der Waals surface area contributed by atoms with Crippen LogP contribution in [0.4, 0.5) is 9.59 Å². The number of benzene rings is 1. The van der Waals surface area contributed by atoms with Gasteiger partial charge in [-0.15, -0.1) is 0 Å². The van der Waals surface area contributed by atoms with Gasteiger partial charge in [0.1, 0.15) is 28.4 Å². The summed E-state index contributed by atoms with van der Waals surface area (Å²) in [5.41, 5.74) is 0.758. The van der Waals surface area contributed by atoms with E-state index in [1.165, 1.54) is 11.7 Å². The van der Waals surface area contributed by atoms with Gasteiger partial charge < -0.3 is 18.9 Å². The Balaban J connectivity index is 1.90. The molecule has 0 unspecified atom stereocenters. The molecule has 0 saturated carbocycles. The van der Waals surface area contributed by atoms with E-state index in [0.29, 0.717) is 28.3 Å². The number of carbonyl (C=O) groups is 3. The highest BCUT2D eigenvalue weighted by atomic mass is 32.2. The summed E-state index contributed by atoms with van der Waals surface area (Å²) in [7, 11) is 1.59. The number of nitrogens with zero attached hydrogens (tertiary/aromatic N) is 5. The van der Waals surface area contributed by atoms with E-state index in [2.05, 4.69) is 9.50 Å². The Kier molecular flexibility index (Phi) is 8.29. The molecule has 1 aliphatic carbocycles. The van der Waals surface area contributed by atoms with Crippen molar-refractivity contribution in [2.24, 2.45) is 4.40 Å². The van der Waals surface area contributed by atoms with Crippen LogP contribution >= 0.6 is 11.9 Å². The second kappa shape index (κ2) is 11.4. The number of amidine groups is 1. The van der Waals surface area contributed by atoms with E-state index in [0.717, 1.165) is 22.4 Å². The number of methoxy groups -OCH3 is 1. The fourth-order valence-corrected chi connectivity index (χ4v) is 4.71. The van der Waals surface area contributed by atoms with Crippen molar-refractivity contribution in [3.05, 3.63) is 47.2 Å². The molecule has 0 atom stereocenters. The lowest BCUT2D eigenvalue weighted by molar-refractivity contribution is -0.131. The molecule has 4 rings (SSSR count). The zero-order chi connectivity index (χ0) is 30.1. The number of aromatic nitrogens is 3. The monoisotopic (exact) mass is 583 g/mol. The molecule has 41 heavy (non-hydrogen) atoms. The predicted molar refractivity (Wildman–Crippen MR) is 152 cm³/mol. The molecule has 1 aromatic rings. The first kappa shape index (κ1) is 29.8. The second-order valence-electron chi connectivity index (χ2n) is 11.3. The van der Waals surface area contributed by atoms with Gasteiger partial charge in [-0.25, -0.2) is 9.59 Å². The van der Waals surface area contributed by atoms with E-state index in [1.807, 2.05) is 24.3 Å². The Hall–Kier alpha value is -4.13. The molecular formula is C28H33N5O7S. The van der Waals surface area contributed by atoms with Crippen LogP contribution in [0.2, 0.25) is 0 Å². The van der Waals surface area contributed by atoms with Crippen molar-refractivity contribution in [2.75, 3.05) is 7.11 Å². The zero-order valence-electron chi connectivity index (χ0n) is 24.3. The van der Waals surface area contributed by atoms with Gasteiger partial charge in [0.05, 0.1) is 19.3 Å². The molecule has 0 saturated heterocycles. The Morgan fingerprint density at radius 3 is 2.12 bits per heavy atom. The molecule has 0 bridgehead atoms. The summed E-state index contributed by atoms with van der Waals surface area (Å²) >= 11 is 1.06. The SMILES string of the molecule is COc1ccc(Cn2nc3cc(OC(C)=O)c4c-3c(n2)C(N(C(=O)OC(C)(C)C)C(=O)OC(C)(C)C)=NSC4)cc1. The molecule has 2 amide bonds. The Labute approximate surface area is 242 Å². The van der Waals surface area contributed by atoms with E-state index >= 15 is 0 Å². The maximum absolute atomic E-state index is 13.5. The summed E-state index contributed by atoms with van der Waals surface area (Å²) in [5.74, 6) is 0.676.